The summed E-state index contributed by atoms with van der Waals surface area (Å²) < 4.78 is 22.7. The summed E-state index contributed by atoms with van der Waals surface area (Å²) in [5.41, 5.74) is 6.99. The number of nitrogens with two attached hydrogens (primary N) is 1. The number of hydrogen-bond acceptors (Lipinski definition) is 9. The Hall–Kier alpha value is -3.44. The van der Waals surface area contributed by atoms with Gasteiger partial charge in [0.2, 0.25) is 5.91 Å². The van der Waals surface area contributed by atoms with Gasteiger partial charge in [-0.25, -0.2) is 0 Å². The van der Waals surface area contributed by atoms with Gasteiger partial charge in [-0.3, -0.25) is 9.59 Å². The third-order valence-corrected chi connectivity index (χ3v) is 6.83. The summed E-state index contributed by atoms with van der Waals surface area (Å²) in [5.74, 6) is 2.41. The van der Waals surface area contributed by atoms with E-state index in [4.69, 9.17) is 24.5 Å². The second kappa shape index (κ2) is 15.5. The quantitative estimate of drug-likeness (QED) is 0.152. The van der Waals surface area contributed by atoms with Gasteiger partial charge in [-0.2, -0.15) is 12.6 Å². The van der Waals surface area contributed by atoms with Crippen molar-refractivity contribution in [3.05, 3.63) is 42.0 Å². The Morgan fingerprint density at radius 2 is 1.71 bits per heavy atom. The number of carbonyl (C=O) groups excluding carboxylic acids is 2. The number of rotatable bonds is 16. The van der Waals surface area contributed by atoms with Crippen LogP contribution in [0.25, 0.3) is 11.0 Å². The molecular weight excluding hydrogens is 544 g/mol. The number of anilines is 1. The molecule has 41 heavy (non-hydrogen) atoms. The number of ether oxygens (including phenoxy) is 3. The van der Waals surface area contributed by atoms with Crippen molar-refractivity contribution in [1.82, 2.24) is 10.1 Å². The Bertz CT molecular complexity index is 1290. The first-order valence-electron chi connectivity index (χ1n) is 14.0. The van der Waals surface area contributed by atoms with Crippen LogP contribution in [0.4, 0.5) is 5.82 Å². The average molecular weight is 587 g/mol. The monoisotopic (exact) mass is 586 g/mol. The molecule has 0 aliphatic carbocycles. The zero-order valence-corrected chi connectivity index (χ0v) is 25.4. The van der Waals surface area contributed by atoms with E-state index in [1.165, 1.54) is 0 Å². The van der Waals surface area contributed by atoms with Crippen LogP contribution in [0.1, 0.15) is 63.7 Å². The van der Waals surface area contributed by atoms with Crippen molar-refractivity contribution >= 4 is 41.2 Å². The van der Waals surface area contributed by atoms with Gasteiger partial charge in [0.15, 0.2) is 22.9 Å². The lowest BCUT2D eigenvalue weighted by atomic mass is 10.1. The van der Waals surface area contributed by atoms with Gasteiger partial charge < -0.3 is 34.7 Å². The lowest BCUT2D eigenvalue weighted by Gasteiger charge is -2.31. The number of hydrogen-bond donors (Lipinski definition) is 3. The summed E-state index contributed by atoms with van der Waals surface area (Å²) in [6.45, 7) is 8.97. The van der Waals surface area contributed by atoms with E-state index in [0.717, 1.165) is 19.3 Å². The molecule has 10 nitrogen and oxygen atoms in total. The normalized spacial score (nSPS) is 12.0. The SMILES string of the molecule is COc1cc(C(=O)N(C(C)C)C(C)C)ccc1OCCCCOc1ccc2c(NC(=O)C(N)CCCS)noc2c1. The van der Waals surface area contributed by atoms with Crippen molar-refractivity contribution < 1.29 is 28.3 Å². The molecule has 0 radical (unpaired) electrons. The zero-order valence-electron chi connectivity index (χ0n) is 24.5. The number of thiol groups is 1. The molecule has 3 N–H and O–H groups in total. The highest BCUT2D eigenvalue weighted by molar-refractivity contribution is 7.80. The fraction of sp³-hybridized carbons (Fsp3) is 0.500. The maximum atomic E-state index is 13.0. The Kier molecular flexibility index (Phi) is 12.2. The maximum Gasteiger partial charge on any atom is 0.254 e. The molecule has 224 valence electrons. The molecule has 1 atom stereocenters. The Morgan fingerprint density at radius 1 is 1.00 bits per heavy atom. The molecule has 0 aliphatic heterocycles. The van der Waals surface area contributed by atoms with E-state index in [1.54, 1.807) is 43.5 Å². The largest absolute Gasteiger partial charge is 0.493 e. The van der Waals surface area contributed by atoms with Gasteiger partial charge in [0.25, 0.3) is 5.91 Å². The molecule has 3 rings (SSSR count). The van der Waals surface area contributed by atoms with Gasteiger partial charge in [0, 0.05) is 23.7 Å². The molecule has 0 fully saturated rings. The van der Waals surface area contributed by atoms with Crippen LogP contribution < -0.4 is 25.3 Å². The van der Waals surface area contributed by atoms with Gasteiger partial charge in [-0.15, -0.1) is 0 Å². The molecule has 2 aromatic carbocycles. The molecule has 11 heteroatoms. The number of amides is 2. The molecule has 3 aromatic rings. The van der Waals surface area contributed by atoms with Gasteiger partial charge in [-0.05, 0) is 89.5 Å². The van der Waals surface area contributed by atoms with Crippen molar-refractivity contribution in [3.63, 3.8) is 0 Å². The smallest absolute Gasteiger partial charge is 0.254 e. The van der Waals surface area contributed by atoms with E-state index in [1.807, 2.05) is 32.6 Å². The first kappa shape index (κ1) is 32.1. The minimum Gasteiger partial charge on any atom is -0.493 e. The van der Waals surface area contributed by atoms with E-state index in [2.05, 4.69) is 23.1 Å². The van der Waals surface area contributed by atoms with Crippen LogP contribution in [0.2, 0.25) is 0 Å². The zero-order chi connectivity index (χ0) is 29.9. The topological polar surface area (TPSA) is 129 Å². The predicted octanol–water partition coefficient (Wildman–Crippen LogP) is 5.31. The Morgan fingerprint density at radius 3 is 2.37 bits per heavy atom. The fourth-order valence-corrected chi connectivity index (χ4v) is 4.64. The van der Waals surface area contributed by atoms with Crippen molar-refractivity contribution in [1.29, 1.82) is 0 Å². The van der Waals surface area contributed by atoms with E-state index < -0.39 is 6.04 Å². The van der Waals surface area contributed by atoms with Crippen LogP contribution in [-0.4, -0.2) is 66.1 Å². The number of nitrogens with zero attached hydrogens (tertiary/aromatic N) is 2. The summed E-state index contributed by atoms with van der Waals surface area (Å²) in [7, 11) is 1.56. The molecule has 0 bridgehead atoms. The number of methoxy groups -OCH3 is 1. The first-order valence-corrected chi connectivity index (χ1v) is 14.6. The van der Waals surface area contributed by atoms with Crippen LogP contribution in [-0.2, 0) is 4.79 Å². The molecule has 2 amide bonds. The average Bonchev–Trinajstić information content (AvgIpc) is 3.34. The number of unbranched alkanes of at least 4 members (excludes halogenated alkanes) is 1. The Balaban J connectivity index is 1.46. The number of carbonyl (C=O) groups is 2. The highest BCUT2D eigenvalue weighted by Gasteiger charge is 2.23. The third kappa shape index (κ3) is 8.77. The summed E-state index contributed by atoms with van der Waals surface area (Å²) >= 11 is 4.15. The van der Waals surface area contributed by atoms with Crippen LogP contribution in [0.3, 0.4) is 0 Å². The molecule has 1 aromatic heterocycles. The van der Waals surface area contributed by atoms with Gasteiger partial charge in [-0.1, -0.05) is 5.16 Å². The molecular formula is C30H42N4O6S. The number of benzene rings is 2. The number of aromatic nitrogens is 1. The minimum atomic E-state index is -0.629. The summed E-state index contributed by atoms with van der Waals surface area (Å²) in [4.78, 5) is 27.1. The first-order chi connectivity index (χ1) is 19.7. The van der Waals surface area contributed by atoms with Crippen molar-refractivity contribution in [2.75, 3.05) is 31.4 Å². The lowest BCUT2D eigenvalue weighted by molar-refractivity contribution is -0.117. The number of nitrogens with one attached hydrogen (secondary N) is 1. The van der Waals surface area contributed by atoms with Crippen molar-refractivity contribution in [2.45, 2.75) is 71.5 Å². The molecule has 0 aliphatic rings. The molecule has 1 unspecified atom stereocenters. The summed E-state index contributed by atoms with van der Waals surface area (Å²) in [6.07, 6.45) is 2.82. The van der Waals surface area contributed by atoms with Crippen molar-refractivity contribution in [3.8, 4) is 17.2 Å². The fourth-order valence-electron chi connectivity index (χ4n) is 4.46. The number of fused-ring (bicyclic) bond motifs is 1. The van der Waals surface area contributed by atoms with Gasteiger partial charge in [0.1, 0.15) is 5.75 Å². The standard InChI is InChI=1S/C30H42N4O6S/c1-19(2)34(20(3)4)30(36)21-10-13-25(27(17-21)37-5)39-15-7-6-14-38-22-11-12-23-26(18-22)40-33-28(23)32-29(35)24(31)9-8-16-41/h10-13,17-20,24,41H,6-9,14-16,31H2,1-5H3,(H,32,33,35). The van der Waals surface area contributed by atoms with Crippen LogP contribution >= 0.6 is 12.6 Å². The van der Waals surface area contributed by atoms with Crippen LogP contribution in [0, 0.1) is 0 Å². The lowest BCUT2D eigenvalue weighted by Crippen LogP contribution is -2.42. The van der Waals surface area contributed by atoms with E-state index in [-0.39, 0.29) is 23.9 Å². The van der Waals surface area contributed by atoms with Gasteiger partial charge >= 0.3 is 0 Å². The van der Waals surface area contributed by atoms with Crippen LogP contribution in [0.15, 0.2) is 40.9 Å². The van der Waals surface area contributed by atoms with Crippen molar-refractivity contribution in [2.24, 2.45) is 5.73 Å². The molecule has 0 spiro atoms. The molecule has 0 saturated carbocycles. The van der Waals surface area contributed by atoms with E-state index in [0.29, 0.717) is 65.0 Å². The third-order valence-electron chi connectivity index (χ3n) is 6.52. The highest BCUT2D eigenvalue weighted by atomic mass is 32.1. The minimum absolute atomic E-state index is 0.0365. The molecule has 1 heterocycles. The summed E-state index contributed by atoms with van der Waals surface area (Å²) in [6, 6.07) is 10.2. The second-order valence-corrected chi connectivity index (χ2v) is 10.8. The predicted molar refractivity (Wildman–Crippen MR) is 163 cm³/mol. The van der Waals surface area contributed by atoms with E-state index >= 15 is 0 Å². The summed E-state index contributed by atoms with van der Waals surface area (Å²) in [5, 5.41) is 7.36. The molecule has 0 saturated heterocycles. The maximum absolute atomic E-state index is 13.0. The van der Waals surface area contributed by atoms with Crippen LogP contribution in [0.5, 0.6) is 17.2 Å². The second-order valence-electron chi connectivity index (χ2n) is 10.3. The highest BCUT2D eigenvalue weighted by Crippen LogP contribution is 2.30. The van der Waals surface area contributed by atoms with Gasteiger partial charge in [0.05, 0.1) is 31.8 Å². The van der Waals surface area contributed by atoms with E-state index in [9.17, 15) is 9.59 Å². The Labute approximate surface area is 247 Å².